The van der Waals surface area contributed by atoms with Gasteiger partial charge in [-0.15, -0.1) is 22.7 Å². The van der Waals surface area contributed by atoms with E-state index < -0.39 is 0 Å². The highest BCUT2D eigenvalue weighted by molar-refractivity contribution is 7.12. The summed E-state index contributed by atoms with van der Waals surface area (Å²) < 4.78 is 5.25. The number of fused-ring (bicyclic) bond motifs is 9. The highest BCUT2D eigenvalue weighted by Crippen LogP contribution is 2.61. The molecule has 2 aromatic rings. The van der Waals surface area contributed by atoms with Crippen LogP contribution in [-0.2, 0) is 27.2 Å². The Bertz CT molecular complexity index is 1060. The van der Waals surface area contributed by atoms with Crippen LogP contribution in [0.3, 0.4) is 0 Å². The van der Waals surface area contributed by atoms with Crippen LogP contribution in [0.2, 0.25) is 0 Å². The van der Waals surface area contributed by atoms with Crippen molar-refractivity contribution in [2.75, 3.05) is 0 Å². The number of esters is 2. The number of carbonyl (C=O) groups excluding carboxylic acids is 2. The van der Waals surface area contributed by atoms with Gasteiger partial charge in [-0.3, -0.25) is 9.59 Å². The maximum atomic E-state index is 12.8. The largest absolute Gasteiger partial charge is 0.393 e. The van der Waals surface area contributed by atoms with E-state index in [4.69, 9.17) is 4.74 Å². The monoisotopic (exact) mass is 424 g/mol. The summed E-state index contributed by atoms with van der Waals surface area (Å²) in [5.74, 6) is -0.926. The predicted octanol–water partition coefficient (Wildman–Crippen LogP) is 5.41. The molecule has 0 unspecified atom stereocenters. The predicted molar refractivity (Wildman–Crippen MR) is 116 cm³/mol. The molecule has 150 valence electrons. The van der Waals surface area contributed by atoms with Crippen molar-refractivity contribution in [2.45, 2.75) is 53.4 Å². The second-order valence-corrected chi connectivity index (χ2v) is 11.9. The van der Waals surface area contributed by atoms with Crippen molar-refractivity contribution < 1.29 is 14.3 Å². The van der Waals surface area contributed by atoms with E-state index in [-0.39, 0.29) is 35.6 Å². The third-order valence-electron chi connectivity index (χ3n) is 7.75. The minimum absolute atomic E-state index is 0.107. The lowest BCUT2D eigenvalue weighted by atomic mass is 9.56. The molecular formula is C24H24O3S2. The smallest absolute Gasteiger partial charge is 0.318 e. The van der Waals surface area contributed by atoms with Gasteiger partial charge in [0.25, 0.3) is 0 Å². The van der Waals surface area contributed by atoms with Gasteiger partial charge in [-0.1, -0.05) is 0 Å². The Morgan fingerprint density at radius 2 is 1.10 bits per heavy atom. The van der Waals surface area contributed by atoms with E-state index in [2.05, 4.69) is 27.7 Å². The van der Waals surface area contributed by atoms with Crippen LogP contribution in [0.5, 0.6) is 0 Å². The number of hydrogen-bond acceptors (Lipinski definition) is 5. The van der Waals surface area contributed by atoms with Crippen LogP contribution >= 0.6 is 22.7 Å². The molecule has 4 atom stereocenters. The fourth-order valence-corrected chi connectivity index (χ4v) is 9.02. The van der Waals surface area contributed by atoms with Crippen molar-refractivity contribution in [2.24, 2.45) is 23.7 Å². The molecule has 0 amide bonds. The summed E-state index contributed by atoms with van der Waals surface area (Å²) >= 11 is 3.77. The van der Waals surface area contributed by atoms with Crippen LogP contribution in [0, 0.1) is 51.4 Å². The van der Waals surface area contributed by atoms with Gasteiger partial charge in [0.05, 0.1) is 11.8 Å². The van der Waals surface area contributed by atoms with Crippen molar-refractivity contribution in [1.29, 1.82) is 0 Å². The van der Waals surface area contributed by atoms with Crippen molar-refractivity contribution >= 4 is 45.8 Å². The van der Waals surface area contributed by atoms with Crippen molar-refractivity contribution in [3.05, 3.63) is 41.8 Å². The van der Waals surface area contributed by atoms with E-state index in [1.807, 2.05) is 22.7 Å². The van der Waals surface area contributed by atoms with Gasteiger partial charge in [0.15, 0.2) is 0 Å². The van der Waals surface area contributed by atoms with Gasteiger partial charge in [0, 0.05) is 19.5 Å². The Hall–Kier alpha value is -1.72. The number of hydrogen-bond donors (Lipinski definition) is 0. The first-order chi connectivity index (χ1) is 13.9. The van der Waals surface area contributed by atoms with Crippen LogP contribution in [-0.4, -0.2) is 11.9 Å². The molecule has 0 saturated carbocycles. The molecule has 5 heteroatoms. The Balaban J connectivity index is 1.73. The summed E-state index contributed by atoms with van der Waals surface area (Å²) in [5, 5.41) is 0. The van der Waals surface area contributed by atoms with E-state index in [0.29, 0.717) is 0 Å². The third kappa shape index (κ3) is 2.18. The van der Waals surface area contributed by atoms with Crippen LogP contribution in [0.4, 0.5) is 0 Å². The molecule has 0 spiro atoms. The van der Waals surface area contributed by atoms with E-state index in [0.717, 1.165) is 25.7 Å². The molecule has 2 aromatic heterocycles. The van der Waals surface area contributed by atoms with Crippen molar-refractivity contribution in [3.63, 3.8) is 0 Å². The first-order valence-electron chi connectivity index (χ1n) is 10.6. The molecule has 1 saturated heterocycles. The maximum absolute atomic E-state index is 12.8. The van der Waals surface area contributed by atoms with Crippen LogP contribution in [0.15, 0.2) is 0 Å². The fraction of sp³-hybridized carbons (Fsp3) is 0.500. The number of aryl methyl sites for hydroxylation is 4. The molecule has 6 rings (SSSR count). The number of allylic oxidation sites excluding steroid dienone is 2. The standard InChI is InChI=1S/C24H24O3S2/c1-9-13-5-7-15-19(17(13)11(3)28-9)20-16(22-21(15)23(25)27-24(22)26)8-6-14-10(2)29-12(4)18(14)20/h15-16,21-22H,5-8H2,1-4H3/t15-,16+,21+,22-. The Labute approximate surface area is 178 Å². The number of rotatable bonds is 0. The normalized spacial score (nSPS) is 29.8. The van der Waals surface area contributed by atoms with E-state index >= 15 is 0 Å². The number of ether oxygens (including phenoxy) is 1. The molecule has 3 heterocycles. The minimum atomic E-state index is -0.291. The molecule has 0 radical (unpaired) electrons. The second kappa shape index (κ2) is 5.92. The Morgan fingerprint density at radius 1 is 0.690 bits per heavy atom. The third-order valence-corrected chi connectivity index (χ3v) is 9.88. The summed E-state index contributed by atoms with van der Waals surface area (Å²) in [6.07, 6.45) is 3.88. The van der Waals surface area contributed by atoms with Gasteiger partial charge in [-0.05, 0) is 98.6 Å². The molecule has 4 aliphatic rings. The maximum Gasteiger partial charge on any atom is 0.318 e. The van der Waals surface area contributed by atoms with Gasteiger partial charge in [0.2, 0.25) is 0 Å². The highest BCUT2D eigenvalue weighted by Gasteiger charge is 2.58. The Kier molecular flexibility index (Phi) is 3.69. The minimum Gasteiger partial charge on any atom is -0.393 e. The number of carbonyl (C=O) groups is 2. The highest BCUT2D eigenvalue weighted by atomic mass is 32.1. The average molecular weight is 425 g/mol. The quantitative estimate of drug-likeness (QED) is 0.420. The van der Waals surface area contributed by atoms with E-state index in [1.54, 1.807) is 0 Å². The fourth-order valence-electron chi connectivity index (χ4n) is 6.77. The summed E-state index contributed by atoms with van der Waals surface area (Å²) in [6.45, 7) is 8.90. The lowest BCUT2D eigenvalue weighted by Crippen LogP contribution is -2.41. The number of cyclic esters (lactones) is 2. The summed E-state index contributed by atoms with van der Waals surface area (Å²) in [7, 11) is 0. The molecule has 1 aliphatic heterocycles. The first kappa shape index (κ1) is 18.1. The molecule has 3 nitrogen and oxygen atoms in total. The van der Waals surface area contributed by atoms with Crippen molar-refractivity contribution in [3.8, 4) is 0 Å². The summed E-state index contributed by atoms with van der Waals surface area (Å²) in [6, 6.07) is 0. The van der Waals surface area contributed by atoms with Gasteiger partial charge in [-0.2, -0.15) is 0 Å². The van der Waals surface area contributed by atoms with Gasteiger partial charge in [0.1, 0.15) is 0 Å². The van der Waals surface area contributed by atoms with Gasteiger partial charge < -0.3 is 4.74 Å². The molecule has 0 aromatic carbocycles. The molecule has 3 aliphatic carbocycles. The molecule has 29 heavy (non-hydrogen) atoms. The number of thiophene rings is 2. The SMILES string of the molecule is Cc1sc(C)c2c1CC[C@@H]1C2=C2c3c(C)sc(C)c3CC[C@@H]2[C@H]2C(=O)OC(=O)[C@H]21. The lowest BCUT2D eigenvalue weighted by Gasteiger charge is -2.44. The van der Waals surface area contributed by atoms with Crippen molar-refractivity contribution in [1.82, 2.24) is 0 Å². The zero-order chi connectivity index (χ0) is 20.2. The topological polar surface area (TPSA) is 43.4 Å². The summed E-state index contributed by atoms with van der Waals surface area (Å²) in [5.41, 5.74) is 8.49. The summed E-state index contributed by atoms with van der Waals surface area (Å²) in [4.78, 5) is 31.1. The zero-order valence-electron chi connectivity index (χ0n) is 17.2. The molecular weight excluding hydrogens is 400 g/mol. The van der Waals surface area contributed by atoms with Crippen LogP contribution < -0.4 is 0 Å². The van der Waals surface area contributed by atoms with Gasteiger partial charge in [-0.25, -0.2) is 0 Å². The first-order valence-corrected chi connectivity index (χ1v) is 12.2. The lowest BCUT2D eigenvalue weighted by molar-refractivity contribution is -0.154. The zero-order valence-corrected chi connectivity index (χ0v) is 18.8. The second-order valence-electron chi connectivity index (χ2n) is 9.05. The van der Waals surface area contributed by atoms with Gasteiger partial charge >= 0.3 is 11.9 Å². The molecule has 0 bridgehead atoms. The van der Waals surface area contributed by atoms with E-state index in [9.17, 15) is 9.59 Å². The average Bonchev–Trinajstić information content (AvgIpc) is 3.26. The Morgan fingerprint density at radius 3 is 1.52 bits per heavy atom. The van der Waals surface area contributed by atoms with Crippen LogP contribution in [0.25, 0.3) is 11.1 Å². The molecule has 0 N–H and O–H groups in total. The van der Waals surface area contributed by atoms with E-state index in [1.165, 1.54) is 52.9 Å². The molecule has 1 fully saturated rings. The van der Waals surface area contributed by atoms with Crippen LogP contribution in [0.1, 0.15) is 54.6 Å².